The second-order valence-electron chi connectivity index (χ2n) is 10.4. The summed E-state index contributed by atoms with van der Waals surface area (Å²) in [5, 5.41) is 51.8. The summed E-state index contributed by atoms with van der Waals surface area (Å²) in [5.74, 6) is -3.33. The summed E-state index contributed by atoms with van der Waals surface area (Å²) in [6, 6.07) is 11.3. The van der Waals surface area contributed by atoms with Crippen LogP contribution in [0.4, 0.5) is 5.82 Å². The molecule has 0 radical (unpaired) electrons. The first-order chi connectivity index (χ1) is 23.6. The molecule has 0 saturated carbocycles. The lowest BCUT2D eigenvalue weighted by molar-refractivity contribution is 0.0687. The van der Waals surface area contributed by atoms with Crippen LogP contribution >= 0.6 is 0 Å². The molecular formula is C30H22N12O7. The van der Waals surface area contributed by atoms with Crippen molar-refractivity contribution in [3.05, 3.63) is 83.3 Å². The number of anilines is 1. The number of pyridine rings is 5. The molecule has 1 aliphatic heterocycles. The second kappa shape index (κ2) is 11.8. The van der Waals surface area contributed by atoms with Crippen LogP contribution in [-0.2, 0) is 0 Å². The fourth-order valence-electron chi connectivity index (χ4n) is 5.03. The predicted molar refractivity (Wildman–Crippen MR) is 169 cm³/mol. The number of carbonyl (C=O) groups excluding carboxylic acids is 1. The molecule has 7 rings (SSSR count). The van der Waals surface area contributed by atoms with Crippen LogP contribution in [0.1, 0.15) is 43.7 Å². The Bertz CT molecular complexity index is 2390. The topological polar surface area (TPSA) is 267 Å². The van der Waals surface area contributed by atoms with Crippen molar-refractivity contribution in [3.63, 3.8) is 0 Å². The van der Waals surface area contributed by atoms with Crippen LogP contribution < -0.4 is 21.3 Å². The number of carbonyl (C=O) groups is 3. The van der Waals surface area contributed by atoms with Gasteiger partial charge < -0.3 is 25.7 Å². The summed E-state index contributed by atoms with van der Waals surface area (Å²) in [5.41, 5.74) is 7.13. The summed E-state index contributed by atoms with van der Waals surface area (Å²) >= 11 is 0. The first kappa shape index (κ1) is 30.4. The molecule has 0 saturated heterocycles. The first-order valence-corrected chi connectivity index (χ1v) is 14.3. The molecule has 0 aliphatic carbocycles. The Morgan fingerprint density at radius 2 is 1.39 bits per heavy atom. The number of nitrogens with zero attached hydrogens (tertiary/aromatic N) is 9. The minimum Gasteiger partial charge on any atom is -0.493 e. The number of carboxylic acid groups (broad SMARTS) is 2. The van der Waals surface area contributed by atoms with Gasteiger partial charge in [-0.1, -0.05) is 5.21 Å². The van der Waals surface area contributed by atoms with E-state index in [1.54, 1.807) is 31.3 Å². The van der Waals surface area contributed by atoms with Crippen LogP contribution in [0.15, 0.2) is 60.9 Å². The van der Waals surface area contributed by atoms with Crippen molar-refractivity contribution < 1.29 is 34.8 Å². The molecule has 7 N–H and O–H groups in total. The van der Waals surface area contributed by atoms with Crippen molar-refractivity contribution in [2.24, 2.45) is 0 Å². The van der Waals surface area contributed by atoms with E-state index in [-0.39, 0.29) is 61.9 Å². The molecular weight excluding hydrogens is 640 g/mol. The molecule has 0 bridgehead atoms. The minimum atomic E-state index is -1.25. The number of hydrogen-bond donors (Lipinski definition) is 7. The van der Waals surface area contributed by atoms with E-state index in [4.69, 9.17) is 4.98 Å². The van der Waals surface area contributed by atoms with Crippen molar-refractivity contribution >= 4 is 51.4 Å². The van der Waals surface area contributed by atoms with Crippen molar-refractivity contribution in [1.82, 2.24) is 56.2 Å². The highest BCUT2D eigenvalue weighted by Gasteiger charge is 2.22. The maximum Gasteiger partial charge on any atom is 0.336 e. The summed E-state index contributed by atoms with van der Waals surface area (Å²) in [7, 11) is 0. The molecule has 7 heterocycles. The summed E-state index contributed by atoms with van der Waals surface area (Å²) < 4.78 is 1.31. The summed E-state index contributed by atoms with van der Waals surface area (Å²) in [6.45, 7) is 2.16. The molecule has 0 spiro atoms. The largest absolute Gasteiger partial charge is 0.493 e. The molecule has 1 amide bonds. The van der Waals surface area contributed by atoms with E-state index >= 15 is 0 Å². The quantitative estimate of drug-likeness (QED) is 0.122. The lowest BCUT2D eigenvalue weighted by Crippen LogP contribution is -2.36. The fourth-order valence-corrected chi connectivity index (χ4v) is 5.03. The van der Waals surface area contributed by atoms with E-state index in [9.17, 15) is 34.8 Å². The molecule has 49 heavy (non-hydrogen) atoms. The van der Waals surface area contributed by atoms with Gasteiger partial charge in [0.05, 0.1) is 40.6 Å². The Morgan fingerprint density at radius 3 is 2.02 bits per heavy atom. The Morgan fingerprint density at radius 1 is 0.776 bits per heavy atom. The molecule has 0 atom stereocenters. The van der Waals surface area contributed by atoms with Crippen molar-refractivity contribution in [2.45, 2.75) is 6.92 Å². The fraction of sp³-hybridized carbons (Fsp3) is 0.0667. The second-order valence-corrected chi connectivity index (χ2v) is 10.4. The van der Waals surface area contributed by atoms with Gasteiger partial charge in [-0.05, 0) is 43.3 Å². The van der Waals surface area contributed by atoms with Gasteiger partial charge in [-0.15, -0.1) is 10.6 Å². The van der Waals surface area contributed by atoms with Crippen LogP contribution in [-0.4, -0.2) is 84.7 Å². The third kappa shape index (κ3) is 5.67. The molecule has 6 aromatic heterocycles. The van der Waals surface area contributed by atoms with Crippen molar-refractivity contribution in [2.75, 3.05) is 11.6 Å². The van der Waals surface area contributed by atoms with Crippen LogP contribution in [0.25, 0.3) is 45.0 Å². The molecule has 244 valence electrons. The van der Waals surface area contributed by atoms with Crippen LogP contribution in [0.5, 0.6) is 11.8 Å². The van der Waals surface area contributed by atoms with Crippen LogP contribution in [0, 0.1) is 0 Å². The van der Waals surface area contributed by atoms with Crippen molar-refractivity contribution in [3.8, 4) is 29.0 Å². The Kier molecular flexibility index (Phi) is 7.33. The molecule has 1 aliphatic rings. The third-order valence-electron chi connectivity index (χ3n) is 7.26. The number of aromatic carboxylic acids is 2. The number of rotatable bonds is 8. The maximum atomic E-state index is 13.0. The zero-order valence-corrected chi connectivity index (χ0v) is 25.0. The number of carboxylic acids is 2. The zero-order valence-electron chi connectivity index (χ0n) is 25.0. The van der Waals surface area contributed by atoms with Gasteiger partial charge in [0.1, 0.15) is 5.69 Å². The van der Waals surface area contributed by atoms with E-state index in [1.807, 2.05) is 0 Å². The van der Waals surface area contributed by atoms with Crippen molar-refractivity contribution in [1.29, 1.82) is 0 Å². The number of amides is 1. The number of hydrogen-bond acceptors (Lipinski definition) is 15. The molecule has 0 aromatic carbocycles. The third-order valence-corrected chi connectivity index (χ3v) is 7.26. The smallest absolute Gasteiger partial charge is 0.336 e. The monoisotopic (exact) mass is 662 g/mol. The van der Waals surface area contributed by atoms with Gasteiger partial charge in [0.2, 0.25) is 11.8 Å². The predicted octanol–water partition coefficient (Wildman–Crippen LogP) is 1.60. The summed E-state index contributed by atoms with van der Waals surface area (Å²) in [6.07, 6.45) is 3.11. The normalized spacial score (nSPS) is 12.6. The Labute approximate surface area is 273 Å². The standard InChI is InChI=1S/C30H22N12O7/c1-2-31-28(45)13-7-18(20-11-41(39-37-20)22-5-3-14-16(29(46)47)9-24(43)35-26(14)33-22)32-19(8-13)21-12-42(40-38-21)23-6-4-15-17(30(48)49)10-25(44)36-27(15)34-23/h3-12,37,39H,2H2,1H3,(H,31,45)(H,46,47)(H,48,49)(H,33,35,43)(H,34,36,44). The van der Waals surface area contributed by atoms with E-state index in [0.717, 1.165) is 12.1 Å². The Hall–Kier alpha value is -7.28. The Balaban J connectivity index is 1.24. The van der Waals surface area contributed by atoms with E-state index in [0.29, 0.717) is 23.8 Å². The van der Waals surface area contributed by atoms with E-state index in [1.165, 1.54) is 34.1 Å². The zero-order chi connectivity index (χ0) is 34.4. The number of aromatic nitrogens is 8. The average molecular weight is 663 g/mol. The van der Waals surface area contributed by atoms with Crippen LogP contribution in [0.2, 0.25) is 0 Å². The average Bonchev–Trinajstić information content (AvgIpc) is 3.78. The highest BCUT2D eigenvalue weighted by atomic mass is 16.4. The number of nitrogens with one attached hydrogen (secondary N) is 3. The van der Waals surface area contributed by atoms with Crippen LogP contribution in [0.3, 0.4) is 0 Å². The highest BCUT2D eigenvalue weighted by molar-refractivity contribution is 6.03. The first-order valence-electron chi connectivity index (χ1n) is 14.3. The number of fused-ring (bicyclic) bond motifs is 2. The lowest BCUT2D eigenvalue weighted by Gasteiger charge is -2.14. The van der Waals surface area contributed by atoms with Gasteiger partial charge >= 0.3 is 11.9 Å². The van der Waals surface area contributed by atoms with Gasteiger partial charge in [-0.2, -0.15) is 9.97 Å². The molecule has 0 unspecified atom stereocenters. The maximum absolute atomic E-state index is 13.0. The molecule has 19 nitrogen and oxygen atoms in total. The van der Waals surface area contributed by atoms with E-state index in [2.05, 4.69) is 46.5 Å². The molecule has 19 heteroatoms. The molecule has 6 aromatic rings. The lowest BCUT2D eigenvalue weighted by atomic mass is 10.1. The van der Waals surface area contributed by atoms with Gasteiger partial charge in [0.25, 0.3) is 5.91 Å². The number of aromatic hydroxyl groups is 2. The van der Waals surface area contributed by atoms with Gasteiger partial charge in [-0.25, -0.2) is 34.2 Å². The number of hydrazine groups is 2. The summed E-state index contributed by atoms with van der Waals surface area (Å²) in [4.78, 5) is 57.5. The minimum absolute atomic E-state index is 0.0103. The molecule has 0 fully saturated rings. The van der Waals surface area contributed by atoms with Gasteiger partial charge in [0, 0.05) is 35.0 Å². The van der Waals surface area contributed by atoms with Gasteiger partial charge in [-0.3, -0.25) is 10.2 Å². The van der Waals surface area contributed by atoms with E-state index < -0.39 is 23.7 Å². The van der Waals surface area contributed by atoms with Gasteiger partial charge in [0.15, 0.2) is 22.9 Å². The highest BCUT2D eigenvalue weighted by Crippen LogP contribution is 2.27. The SMILES string of the molecule is CCNC(=O)c1cc(C2=CN(c3ccc4c(C(=O)O)cc(O)nc4n3)NN2)nc(-c2cn(-c3ccc4c(C(=O)O)cc(O)nc4n3)nn2)c1.